The number of aryl methyl sites for hydroxylation is 2. The number of carbonyl (C=O) groups is 1. The van der Waals surface area contributed by atoms with Crippen LogP contribution in [-0.2, 0) is 6.54 Å². The van der Waals surface area contributed by atoms with Crippen molar-refractivity contribution in [3.05, 3.63) is 65.0 Å². The van der Waals surface area contributed by atoms with Crippen molar-refractivity contribution in [2.24, 2.45) is 0 Å². The zero-order chi connectivity index (χ0) is 21.8. The Kier molecular flexibility index (Phi) is 6.32. The summed E-state index contributed by atoms with van der Waals surface area (Å²) < 4.78 is 11.0. The van der Waals surface area contributed by atoms with Gasteiger partial charge >= 0.3 is 0 Å². The van der Waals surface area contributed by atoms with Crippen LogP contribution in [0.5, 0.6) is 5.75 Å². The van der Waals surface area contributed by atoms with Crippen LogP contribution in [0.25, 0.3) is 11.4 Å². The van der Waals surface area contributed by atoms with Gasteiger partial charge in [0.2, 0.25) is 11.7 Å². The minimum Gasteiger partial charge on any atom is -0.494 e. The molecule has 0 spiro atoms. The van der Waals surface area contributed by atoms with Crippen molar-refractivity contribution in [3.8, 4) is 17.1 Å². The smallest absolute Gasteiger partial charge is 0.253 e. The molecule has 0 aliphatic carbocycles. The average Bonchev–Trinajstić information content (AvgIpc) is 3.24. The van der Waals surface area contributed by atoms with Crippen molar-refractivity contribution >= 4 is 5.91 Å². The van der Waals surface area contributed by atoms with E-state index in [-0.39, 0.29) is 5.91 Å². The van der Waals surface area contributed by atoms with E-state index >= 15 is 0 Å². The first-order valence-electron chi connectivity index (χ1n) is 10.7. The van der Waals surface area contributed by atoms with Gasteiger partial charge in [0.1, 0.15) is 5.75 Å². The number of hydrogen-bond acceptors (Lipinski definition) is 6. The number of nitrogens with zero attached hydrogens (tertiary/aromatic N) is 4. The summed E-state index contributed by atoms with van der Waals surface area (Å²) in [7, 11) is 0. The van der Waals surface area contributed by atoms with E-state index in [1.54, 1.807) is 0 Å². The molecule has 0 bridgehead atoms. The van der Waals surface area contributed by atoms with Crippen molar-refractivity contribution < 1.29 is 14.1 Å². The van der Waals surface area contributed by atoms with Crippen molar-refractivity contribution in [2.45, 2.75) is 27.3 Å². The summed E-state index contributed by atoms with van der Waals surface area (Å²) in [5.41, 5.74) is 3.78. The molecule has 1 fully saturated rings. The number of piperazine rings is 1. The summed E-state index contributed by atoms with van der Waals surface area (Å²) in [5, 5.41) is 4.14. The highest BCUT2D eigenvalue weighted by molar-refractivity contribution is 5.94. The molecule has 0 atom stereocenters. The standard InChI is InChI=1S/C24H28N4O3/c1-4-30-21-10-9-19(15-18(21)3)24(29)28-13-11-27(12-14-28)16-22-25-23(26-31-22)20-8-6-5-7-17(20)2/h5-10,15H,4,11-14,16H2,1-3H3. The molecular weight excluding hydrogens is 392 g/mol. The summed E-state index contributed by atoms with van der Waals surface area (Å²) >= 11 is 0. The fourth-order valence-corrected chi connectivity index (χ4v) is 3.84. The van der Waals surface area contributed by atoms with Crippen molar-refractivity contribution in [3.63, 3.8) is 0 Å². The van der Waals surface area contributed by atoms with Gasteiger partial charge in [0.15, 0.2) is 0 Å². The predicted octanol–water partition coefficient (Wildman–Crippen LogP) is 3.71. The number of carbonyl (C=O) groups excluding carboxylic acids is 1. The zero-order valence-corrected chi connectivity index (χ0v) is 18.3. The molecule has 7 heteroatoms. The third-order valence-corrected chi connectivity index (χ3v) is 5.59. The van der Waals surface area contributed by atoms with Crippen molar-refractivity contribution in [2.75, 3.05) is 32.8 Å². The lowest BCUT2D eigenvalue weighted by molar-refractivity contribution is 0.0615. The lowest BCUT2D eigenvalue weighted by Crippen LogP contribution is -2.48. The highest BCUT2D eigenvalue weighted by Gasteiger charge is 2.24. The van der Waals surface area contributed by atoms with Crippen LogP contribution < -0.4 is 4.74 Å². The molecule has 1 aliphatic heterocycles. The van der Waals surface area contributed by atoms with Gasteiger partial charge in [0.25, 0.3) is 5.91 Å². The van der Waals surface area contributed by atoms with Crippen LogP contribution in [0, 0.1) is 13.8 Å². The second-order valence-electron chi connectivity index (χ2n) is 7.81. The van der Waals surface area contributed by atoms with E-state index in [1.165, 1.54) is 0 Å². The SMILES string of the molecule is CCOc1ccc(C(=O)N2CCN(Cc3nc(-c4ccccc4C)no3)CC2)cc1C. The molecule has 4 rings (SSSR count). The van der Waals surface area contributed by atoms with Crippen LogP contribution in [0.2, 0.25) is 0 Å². The Hall–Kier alpha value is -3.19. The number of amides is 1. The summed E-state index contributed by atoms with van der Waals surface area (Å²) in [4.78, 5) is 21.6. The van der Waals surface area contributed by atoms with Crippen LogP contribution in [-0.4, -0.2) is 58.6 Å². The molecule has 1 aliphatic rings. The monoisotopic (exact) mass is 420 g/mol. The zero-order valence-electron chi connectivity index (χ0n) is 18.3. The average molecular weight is 421 g/mol. The van der Waals surface area contributed by atoms with E-state index in [9.17, 15) is 4.79 Å². The Morgan fingerprint density at radius 3 is 2.55 bits per heavy atom. The van der Waals surface area contributed by atoms with Gasteiger partial charge in [-0.3, -0.25) is 9.69 Å². The number of benzene rings is 2. The maximum Gasteiger partial charge on any atom is 0.253 e. The Labute approximate surface area is 182 Å². The maximum atomic E-state index is 12.9. The van der Waals surface area contributed by atoms with Gasteiger partial charge < -0.3 is 14.2 Å². The fraction of sp³-hybridized carbons (Fsp3) is 0.375. The van der Waals surface area contributed by atoms with Crippen molar-refractivity contribution in [1.82, 2.24) is 19.9 Å². The van der Waals surface area contributed by atoms with E-state index in [2.05, 4.69) is 15.0 Å². The summed E-state index contributed by atoms with van der Waals surface area (Å²) in [6.07, 6.45) is 0. The van der Waals surface area contributed by atoms with Gasteiger partial charge in [-0.05, 0) is 50.1 Å². The number of ether oxygens (including phenoxy) is 1. The second-order valence-corrected chi connectivity index (χ2v) is 7.81. The first kappa shape index (κ1) is 21.1. The van der Waals surface area contributed by atoms with Gasteiger partial charge in [-0.1, -0.05) is 29.4 Å². The molecular formula is C24H28N4O3. The van der Waals surface area contributed by atoms with E-state index in [1.807, 2.05) is 68.1 Å². The van der Waals surface area contributed by atoms with Gasteiger partial charge in [-0.25, -0.2) is 0 Å². The Morgan fingerprint density at radius 2 is 1.84 bits per heavy atom. The molecule has 0 saturated carbocycles. The van der Waals surface area contributed by atoms with Gasteiger partial charge in [0, 0.05) is 37.3 Å². The molecule has 7 nitrogen and oxygen atoms in total. The van der Waals surface area contributed by atoms with Gasteiger partial charge in [-0.2, -0.15) is 4.98 Å². The minimum atomic E-state index is 0.0606. The van der Waals surface area contributed by atoms with E-state index in [0.29, 0.717) is 43.5 Å². The van der Waals surface area contributed by atoms with Crippen LogP contribution >= 0.6 is 0 Å². The van der Waals surface area contributed by atoms with Gasteiger partial charge in [0.05, 0.1) is 13.2 Å². The number of rotatable bonds is 6. The van der Waals surface area contributed by atoms with Gasteiger partial charge in [-0.15, -0.1) is 0 Å². The maximum absolute atomic E-state index is 12.9. The normalized spacial score (nSPS) is 14.6. The number of aromatic nitrogens is 2. The fourth-order valence-electron chi connectivity index (χ4n) is 3.84. The van der Waals surface area contributed by atoms with Crippen LogP contribution in [0.15, 0.2) is 47.0 Å². The van der Waals surface area contributed by atoms with E-state index in [0.717, 1.165) is 35.5 Å². The molecule has 3 aromatic rings. The van der Waals surface area contributed by atoms with Crippen LogP contribution in [0.4, 0.5) is 0 Å². The highest BCUT2D eigenvalue weighted by Crippen LogP contribution is 2.22. The van der Waals surface area contributed by atoms with Crippen LogP contribution in [0.3, 0.4) is 0 Å². The van der Waals surface area contributed by atoms with E-state index < -0.39 is 0 Å². The Balaban J connectivity index is 1.33. The summed E-state index contributed by atoms with van der Waals surface area (Å²) in [6.45, 7) is 10.0. The largest absolute Gasteiger partial charge is 0.494 e. The third kappa shape index (κ3) is 4.77. The van der Waals surface area contributed by atoms with Crippen molar-refractivity contribution in [1.29, 1.82) is 0 Å². The Morgan fingerprint density at radius 1 is 1.06 bits per heavy atom. The predicted molar refractivity (Wildman–Crippen MR) is 118 cm³/mol. The quantitative estimate of drug-likeness (QED) is 0.605. The van der Waals surface area contributed by atoms with Crippen LogP contribution in [0.1, 0.15) is 34.3 Å². The minimum absolute atomic E-state index is 0.0606. The topological polar surface area (TPSA) is 71.7 Å². The molecule has 2 heterocycles. The summed E-state index contributed by atoms with van der Waals surface area (Å²) in [6, 6.07) is 13.6. The number of hydrogen-bond donors (Lipinski definition) is 0. The summed E-state index contributed by atoms with van der Waals surface area (Å²) in [5.74, 6) is 2.10. The molecule has 0 unspecified atom stereocenters. The molecule has 2 aromatic carbocycles. The second kappa shape index (κ2) is 9.31. The molecule has 31 heavy (non-hydrogen) atoms. The Bertz CT molecular complexity index is 1050. The molecule has 0 N–H and O–H groups in total. The molecule has 1 amide bonds. The molecule has 0 radical (unpaired) electrons. The third-order valence-electron chi connectivity index (χ3n) is 5.59. The van der Waals surface area contributed by atoms with E-state index in [4.69, 9.17) is 9.26 Å². The highest BCUT2D eigenvalue weighted by atomic mass is 16.5. The molecule has 162 valence electrons. The lowest BCUT2D eigenvalue weighted by Gasteiger charge is -2.34. The lowest BCUT2D eigenvalue weighted by atomic mass is 10.1. The first-order chi connectivity index (χ1) is 15.0. The molecule has 1 aromatic heterocycles. The first-order valence-corrected chi connectivity index (χ1v) is 10.7. The molecule has 1 saturated heterocycles.